The summed E-state index contributed by atoms with van der Waals surface area (Å²) in [6, 6.07) is 0.941. The topological polar surface area (TPSA) is 290 Å². The largest absolute Gasteiger partial charge is 0.481 e. The predicted octanol–water partition coefficient (Wildman–Crippen LogP) is -2.81. The molecule has 5 amide bonds. The van der Waals surface area contributed by atoms with Crippen molar-refractivity contribution in [2.24, 2.45) is 17.2 Å². The summed E-state index contributed by atoms with van der Waals surface area (Å²) in [6.07, 6.45) is -0.706. The van der Waals surface area contributed by atoms with Crippen molar-refractivity contribution in [2.45, 2.75) is 56.3 Å². The lowest BCUT2D eigenvalue weighted by Gasteiger charge is -2.24. The second-order valence-electron chi connectivity index (χ2n) is 8.97. The summed E-state index contributed by atoms with van der Waals surface area (Å²) in [5.74, 6) is -7.67. The van der Waals surface area contributed by atoms with Gasteiger partial charge < -0.3 is 48.3 Å². The lowest BCUT2D eigenvalue weighted by Crippen LogP contribution is -2.58. The summed E-state index contributed by atoms with van der Waals surface area (Å²) in [4.78, 5) is 86.9. The van der Waals surface area contributed by atoms with Crippen LogP contribution in [0.4, 0.5) is 0 Å². The van der Waals surface area contributed by atoms with Gasteiger partial charge in [-0.1, -0.05) is 18.2 Å². The molecule has 0 radical (unpaired) electrons. The highest BCUT2D eigenvalue weighted by atomic mass is 16.4. The first-order valence-electron chi connectivity index (χ1n) is 12.0. The number of H-pyrrole nitrogens is 1. The molecule has 12 N–H and O–H groups in total. The highest BCUT2D eigenvalue weighted by Gasteiger charge is 2.32. The summed E-state index contributed by atoms with van der Waals surface area (Å²) in [6.45, 7) is 0. The zero-order chi connectivity index (χ0) is 30.0. The van der Waals surface area contributed by atoms with E-state index in [0.29, 0.717) is 5.56 Å². The van der Waals surface area contributed by atoms with Crippen LogP contribution in [-0.2, 0) is 40.0 Å². The summed E-state index contributed by atoms with van der Waals surface area (Å²) >= 11 is 0. The molecule has 0 spiro atoms. The maximum Gasteiger partial charge on any atom is 0.326 e. The molecule has 0 saturated heterocycles. The molecule has 1 aromatic heterocycles. The van der Waals surface area contributed by atoms with Crippen LogP contribution >= 0.6 is 0 Å². The van der Waals surface area contributed by atoms with E-state index < -0.39 is 78.5 Å². The van der Waals surface area contributed by atoms with Gasteiger partial charge in [0.25, 0.3) is 0 Å². The molecule has 216 valence electrons. The lowest BCUT2D eigenvalue weighted by atomic mass is 10.0. The molecule has 0 aliphatic rings. The first kappa shape index (κ1) is 31.2. The third-order valence-electron chi connectivity index (χ3n) is 5.80. The number of nitrogens with two attached hydrogens (primary N) is 3. The van der Waals surface area contributed by atoms with E-state index >= 15 is 0 Å². The monoisotopic (exact) mass is 561 g/mol. The highest BCUT2D eigenvalue weighted by Crippen LogP contribution is 2.19. The number of fused-ring (bicyclic) bond motifs is 1. The average molecular weight is 562 g/mol. The summed E-state index contributed by atoms with van der Waals surface area (Å²) in [5.41, 5.74) is 17.2. The number of carboxylic acids is 2. The number of para-hydroxylation sites is 1. The third kappa shape index (κ3) is 9.39. The molecular formula is C24H31N7O9. The first-order valence-corrected chi connectivity index (χ1v) is 12.0. The Kier molecular flexibility index (Phi) is 11.1. The van der Waals surface area contributed by atoms with E-state index in [4.69, 9.17) is 22.3 Å². The normalized spacial score (nSPS) is 13.8. The van der Waals surface area contributed by atoms with Crippen molar-refractivity contribution in [3.8, 4) is 0 Å². The van der Waals surface area contributed by atoms with Crippen molar-refractivity contribution in [1.82, 2.24) is 20.9 Å². The van der Waals surface area contributed by atoms with Crippen LogP contribution in [0.1, 0.15) is 31.2 Å². The van der Waals surface area contributed by atoms with Gasteiger partial charge in [-0.15, -0.1) is 0 Å². The molecule has 0 saturated carbocycles. The van der Waals surface area contributed by atoms with Crippen molar-refractivity contribution in [3.63, 3.8) is 0 Å². The van der Waals surface area contributed by atoms with Crippen molar-refractivity contribution in [3.05, 3.63) is 36.0 Å². The molecule has 4 unspecified atom stereocenters. The van der Waals surface area contributed by atoms with E-state index in [1.807, 2.05) is 0 Å². The second-order valence-corrected chi connectivity index (χ2v) is 8.97. The van der Waals surface area contributed by atoms with E-state index in [9.17, 15) is 38.7 Å². The van der Waals surface area contributed by atoms with Gasteiger partial charge in [-0.2, -0.15) is 0 Å². The average Bonchev–Trinajstić information content (AvgIpc) is 3.27. The summed E-state index contributed by atoms with van der Waals surface area (Å²) < 4.78 is 0. The summed E-state index contributed by atoms with van der Waals surface area (Å²) in [5, 5.41) is 25.8. The SMILES string of the molecule is NC(=O)CCC(NC(=O)C(CC(N)=O)NC(=O)C(Cc1c[nH]c2ccccc12)NC(=O)C(N)CC(=O)O)C(=O)O. The Morgan fingerprint density at radius 3 is 2.00 bits per heavy atom. The molecule has 1 aromatic carbocycles. The Morgan fingerprint density at radius 1 is 0.800 bits per heavy atom. The molecule has 4 atom stereocenters. The van der Waals surface area contributed by atoms with E-state index in [0.717, 1.165) is 10.9 Å². The molecule has 1 heterocycles. The maximum atomic E-state index is 13.3. The zero-order valence-corrected chi connectivity index (χ0v) is 21.2. The van der Waals surface area contributed by atoms with E-state index in [1.54, 1.807) is 30.5 Å². The molecule has 16 heteroatoms. The van der Waals surface area contributed by atoms with Crippen LogP contribution in [0.25, 0.3) is 10.9 Å². The smallest absolute Gasteiger partial charge is 0.326 e. The molecule has 0 aliphatic carbocycles. The van der Waals surface area contributed by atoms with Crippen LogP contribution in [0.2, 0.25) is 0 Å². The van der Waals surface area contributed by atoms with Gasteiger partial charge >= 0.3 is 11.9 Å². The number of benzene rings is 1. The number of primary amides is 2. The predicted molar refractivity (Wildman–Crippen MR) is 138 cm³/mol. The number of aromatic amines is 1. The van der Waals surface area contributed by atoms with Crippen LogP contribution in [0, 0.1) is 0 Å². The summed E-state index contributed by atoms with van der Waals surface area (Å²) in [7, 11) is 0. The van der Waals surface area contributed by atoms with Gasteiger partial charge in [-0.25, -0.2) is 4.79 Å². The Labute approximate surface area is 227 Å². The standard InChI is InChI=1S/C24H31N7O9/c25-13(8-20(34)35)21(36)30-16(7-11-10-28-14-4-2-1-3-12(11)14)22(37)31-17(9-19(27)33)23(38)29-15(24(39)40)5-6-18(26)32/h1-4,10,13,15-17,28H,5-9,25H2,(H2,26,32)(H2,27,33)(H,29,38)(H,30,36)(H,31,37)(H,34,35)(H,39,40). The maximum absolute atomic E-state index is 13.3. The number of hydrogen-bond donors (Lipinski definition) is 9. The molecule has 0 aliphatic heterocycles. The number of amides is 5. The van der Waals surface area contributed by atoms with E-state index in [-0.39, 0.29) is 19.3 Å². The van der Waals surface area contributed by atoms with Gasteiger partial charge in [0, 0.05) is 29.9 Å². The van der Waals surface area contributed by atoms with Gasteiger partial charge in [-0.3, -0.25) is 28.8 Å². The molecule has 2 rings (SSSR count). The number of nitrogens with one attached hydrogen (secondary N) is 4. The van der Waals surface area contributed by atoms with Crippen molar-refractivity contribution in [2.75, 3.05) is 0 Å². The minimum absolute atomic E-state index is 0.136. The Bertz CT molecular complexity index is 1290. The third-order valence-corrected chi connectivity index (χ3v) is 5.80. The molecule has 16 nitrogen and oxygen atoms in total. The van der Waals surface area contributed by atoms with Crippen LogP contribution in [0.15, 0.2) is 30.5 Å². The van der Waals surface area contributed by atoms with Gasteiger partial charge in [0.2, 0.25) is 29.5 Å². The fourth-order valence-corrected chi connectivity index (χ4v) is 3.79. The van der Waals surface area contributed by atoms with Crippen molar-refractivity contribution >= 4 is 52.4 Å². The molecule has 0 fully saturated rings. The number of rotatable bonds is 16. The number of carbonyl (C=O) groups excluding carboxylic acids is 5. The van der Waals surface area contributed by atoms with E-state index in [2.05, 4.69) is 20.9 Å². The molecular weight excluding hydrogens is 530 g/mol. The Morgan fingerprint density at radius 2 is 1.40 bits per heavy atom. The van der Waals surface area contributed by atoms with Gasteiger partial charge in [0.05, 0.1) is 18.9 Å². The second kappa shape index (κ2) is 14.2. The van der Waals surface area contributed by atoms with Crippen LogP contribution in [-0.4, -0.2) is 80.8 Å². The molecule has 0 bridgehead atoms. The molecule has 40 heavy (non-hydrogen) atoms. The Balaban J connectivity index is 2.30. The number of hydrogen-bond acceptors (Lipinski definition) is 8. The lowest BCUT2D eigenvalue weighted by molar-refractivity contribution is -0.142. The fraction of sp³-hybridized carbons (Fsp3) is 0.375. The van der Waals surface area contributed by atoms with Crippen molar-refractivity contribution in [1.29, 1.82) is 0 Å². The minimum atomic E-state index is -1.66. The van der Waals surface area contributed by atoms with Crippen LogP contribution in [0.3, 0.4) is 0 Å². The van der Waals surface area contributed by atoms with Gasteiger partial charge in [-0.05, 0) is 18.1 Å². The van der Waals surface area contributed by atoms with Crippen LogP contribution in [0.5, 0.6) is 0 Å². The van der Waals surface area contributed by atoms with Crippen molar-refractivity contribution < 1.29 is 43.8 Å². The highest BCUT2D eigenvalue weighted by molar-refractivity contribution is 5.97. The fourth-order valence-electron chi connectivity index (χ4n) is 3.79. The number of aliphatic carboxylic acids is 2. The minimum Gasteiger partial charge on any atom is -0.481 e. The van der Waals surface area contributed by atoms with Crippen LogP contribution < -0.4 is 33.2 Å². The zero-order valence-electron chi connectivity index (χ0n) is 21.2. The molecule has 2 aromatic rings. The number of carboxylic acid groups (broad SMARTS) is 2. The van der Waals surface area contributed by atoms with E-state index in [1.165, 1.54) is 0 Å². The number of aromatic nitrogens is 1. The van der Waals surface area contributed by atoms with Gasteiger partial charge in [0.15, 0.2) is 0 Å². The number of carbonyl (C=O) groups is 7. The quantitative estimate of drug-likeness (QED) is 0.101. The Hall–Kier alpha value is -4.99. The first-order chi connectivity index (χ1) is 18.8. The van der Waals surface area contributed by atoms with Gasteiger partial charge in [0.1, 0.15) is 18.1 Å².